The number of nitrogens with zero attached hydrogens (tertiary/aromatic N) is 3. The first-order chi connectivity index (χ1) is 12.4. The maximum absolute atomic E-state index is 12.4. The second-order valence-electron chi connectivity index (χ2n) is 6.31. The molecule has 2 aromatic heterocycles. The summed E-state index contributed by atoms with van der Waals surface area (Å²) in [7, 11) is 0. The summed E-state index contributed by atoms with van der Waals surface area (Å²) in [5.74, 6) is 0.0908. The van der Waals surface area contributed by atoms with Gasteiger partial charge in [0.25, 0.3) is 5.89 Å². The van der Waals surface area contributed by atoms with Crippen LogP contribution in [-0.4, -0.2) is 20.7 Å². The van der Waals surface area contributed by atoms with E-state index in [0.29, 0.717) is 22.0 Å². The van der Waals surface area contributed by atoms with Crippen LogP contribution in [0.4, 0.5) is 0 Å². The maximum atomic E-state index is 12.4. The van der Waals surface area contributed by atoms with Crippen molar-refractivity contribution in [3.63, 3.8) is 0 Å². The Bertz CT molecular complexity index is 943. The van der Waals surface area contributed by atoms with Gasteiger partial charge < -0.3 is 13.7 Å². The number of benzene rings is 1. The zero-order valence-corrected chi connectivity index (χ0v) is 15.9. The fourth-order valence-electron chi connectivity index (χ4n) is 3.04. The van der Waals surface area contributed by atoms with Crippen molar-refractivity contribution in [1.82, 2.24) is 14.8 Å². The molecular formula is C19H20ClN3O3. The molecule has 6 nitrogen and oxygen atoms in total. The van der Waals surface area contributed by atoms with Crippen LogP contribution in [0.3, 0.4) is 0 Å². The van der Waals surface area contributed by atoms with Gasteiger partial charge in [-0.2, -0.15) is 0 Å². The predicted octanol–water partition coefficient (Wildman–Crippen LogP) is 4.75. The Morgan fingerprint density at radius 1 is 1.27 bits per heavy atom. The van der Waals surface area contributed by atoms with Crippen LogP contribution in [0, 0.1) is 13.8 Å². The van der Waals surface area contributed by atoms with E-state index in [-0.39, 0.29) is 18.5 Å². The van der Waals surface area contributed by atoms with E-state index in [9.17, 15) is 4.79 Å². The average molecular weight is 374 g/mol. The first-order valence-corrected chi connectivity index (χ1v) is 8.69. The van der Waals surface area contributed by atoms with Crippen molar-refractivity contribution in [3.8, 4) is 11.5 Å². The Morgan fingerprint density at radius 2 is 2.00 bits per heavy atom. The van der Waals surface area contributed by atoms with Crippen LogP contribution in [0.2, 0.25) is 5.02 Å². The Kier molecular flexibility index (Phi) is 5.13. The van der Waals surface area contributed by atoms with E-state index < -0.39 is 5.97 Å². The molecule has 0 saturated carbocycles. The molecule has 0 aliphatic heterocycles. The fraction of sp³-hybridized carbons (Fsp3) is 0.316. The molecular weight excluding hydrogens is 354 g/mol. The molecule has 7 heteroatoms. The average Bonchev–Trinajstić information content (AvgIpc) is 3.17. The van der Waals surface area contributed by atoms with Gasteiger partial charge in [0, 0.05) is 17.4 Å². The van der Waals surface area contributed by atoms with Gasteiger partial charge in [-0.15, -0.1) is 10.2 Å². The number of halogens is 1. The lowest BCUT2D eigenvalue weighted by Gasteiger charge is -2.13. The topological polar surface area (TPSA) is 70.2 Å². The summed E-state index contributed by atoms with van der Waals surface area (Å²) in [6, 6.07) is 9.28. The molecule has 0 saturated heterocycles. The molecule has 0 fully saturated rings. The highest BCUT2D eigenvalue weighted by Gasteiger charge is 2.19. The third kappa shape index (κ3) is 3.51. The molecule has 0 amide bonds. The molecule has 0 aliphatic rings. The molecule has 136 valence electrons. The number of rotatable bonds is 5. The number of carbonyl (C=O) groups excluding carboxylic acids is 1. The van der Waals surface area contributed by atoms with Gasteiger partial charge in [-0.1, -0.05) is 23.7 Å². The van der Waals surface area contributed by atoms with Gasteiger partial charge in [-0.05, 0) is 45.9 Å². The summed E-state index contributed by atoms with van der Waals surface area (Å²) in [6.45, 7) is 7.93. The van der Waals surface area contributed by atoms with E-state index in [4.69, 9.17) is 20.8 Å². The SMILES string of the molecule is Cc1cc(C(=O)OCc2nnc(-c3ccccc3Cl)o2)c(C)n1C(C)C. The molecule has 0 unspecified atom stereocenters. The molecule has 1 aromatic carbocycles. The lowest BCUT2D eigenvalue weighted by atomic mass is 10.2. The molecule has 0 N–H and O–H groups in total. The van der Waals surface area contributed by atoms with E-state index >= 15 is 0 Å². The van der Waals surface area contributed by atoms with E-state index in [1.54, 1.807) is 12.1 Å². The van der Waals surface area contributed by atoms with Crippen LogP contribution < -0.4 is 0 Å². The third-order valence-corrected chi connectivity index (χ3v) is 4.45. The largest absolute Gasteiger partial charge is 0.452 e. The number of ether oxygens (including phenoxy) is 1. The number of esters is 1. The summed E-state index contributed by atoms with van der Waals surface area (Å²) in [5, 5.41) is 8.39. The minimum atomic E-state index is -0.414. The van der Waals surface area contributed by atoms with Gasteiger partial charge in [-0.25, -0.2) is 4.79 Å². The summed E-state index contributed by atoms with van der Waals surface area (Å²) in [5.41, 5.74) is 3.08. The standard InChI is InChI=1S/C19H20ClN3O3/c1-11(2)23-12(3)9-15(13(23)4)19(24)25-10-17-21-22-18(26-17)14-7-5-6-8-16(14)20/h5-9,11H,10H2,1-4H3. The van der Waals surface area contributed by atoms with Crippen molar-refractivity contribution in [2.45, 2.75) is 40.3 Å². The maximum Gasteiger partial charge on any atom is 0.340 e. The third-order valence-electron chi connectivity index (χ3n) is 4.12. The molecule has 0 radical (unpaired) electrons. The van der Waals surface area contributed by atoms with Crippen molar-refractivity contribution < 1.29 is 13.9 Å². The van der Waals surface area contributed by atoms with Crippen LogP contribution in [-0.2, 0) is 11.3 Å². The first kappa shape index (κ1) is 18.2. The summed E-state index contributed by atoms with van der Waals surface area (Å²) >= 11 is 6.12. The van der Waals surface area contributed by atoms with Crippen LogP contribution >= 0.6 is 11.6 Å². The highest BCUT2D eigenvalue weighted by molar-refractivity contribution is 6.33. The number of hydrogen-bond donors (Lipinski definition) is 0. The Balaban J connectivity index is 1.71. The van der Waals surface area contributed by atoms with Crippen LogP contribution in [0.15, 0.2) is 34.7 Å². The highest BCUT2D eigenvalue weighted by atomic mass is 35.5. The van der Waals surface area contributed by atoms with Gasteiger partial charge in [0.15, 0.2) is 6.61 Å². The Hall–Kier alpha value is -2.60. The smallest absolute Gasteiger partial charge is 0.340 e. The van der Waals surface area contributed by atoms with Gasteiger partial charge in [0.05, 0.1) is 16.1 Å². The van der Waals surface area contributed by atoms with Gasteiger partial charge in [0.2, 0.25) is 5.89 Å². The van der Waals surface area contributed by atoms with Crippen molar-refractivity contribution in [2.24, 2.45) is 0 Å². The lowest BCUT2D eigenvalue weighted by Crippen LogP contribution is -2.09. The predicted molar refractivity (Wildman–Crippen MR) is 98.2 cm³/mol. The zero-order valence-electron chi connectivity index (χ0n) is 15.1. The lowest BCUT2D eigenvalue weighted by molar-refractivity contribution is 0.0437. The molecule has 0 spiro atoms. The molecule has 0 bridgehead atoms. The zero-order chi connectivity index (χ0) is 18.8. The monoisotopic (exact) mass is 373 g/mol. The van der Waals surface area contributed by atoms with Crippen molar-refractivity contribution in [1.29, 1.82) is 0 Å². The molecule has 26 heavy (non-hydrogen) atoms. The molecule has 0 aliphatic carbocycles. The Labute approximate surface area is 156 Å². The van der Waals surface area contributed by atoms with Crippen LogP contribution in [0.5, 0.6) is 0 Å². The minimum Gasteiger partial charge on any atom is -0.452 e. The summed E-state index contributed by atoms with van der Waals surface area (Å²) in [6.07, 6.45) is 0. The number of hydrogen-bond acceptors (Lipinski definition) is 5. The van der Waals surface area contributed by atoms with E-state index in [0.717, 1.165) is 11.4 Å². The van der Waals surface area contributed by atoms with E-state index in [2.05, 4.69) is 28.6 Å². The number of carbonyl (C=O) groups is 1. The van der Waals surface area contributed by atoms with Gasteiger partial charge >= 0.3 is 5.97 Å². The second-order valence-corrected chi connectivity index (χ2v) is 6.71. The highest BCUT2D eigenvalue weighted by Crippen LogP contribution is 2.26. The summed E-state index contributed by atoms with van der Waals surface area (Å²) in [4.78, 5) is 12.4. The quantitative estimate of drug-likeness (QED) is 0.604. The second kappa shape index (κ2) is 7.33. The van der Waals surface area contributed by atoms with Crippen LogP contribution in [0.25, 0.3) is 11.5 Å². The van der Waals surface area contributed by atoms with Crippen molar-refractivity contribution in [3.05, 3.63) is 58.2 Å². The summed E-state index contributed by atoms with van der Waals surface area (Å²) < 4.78 is 13.0. The van der Waals surface area contributed by atoms with Crippen molar-refractivity contribution >= 4 is 17.6 Å². The first-order valence-electron chi connectivity index (χ1n) is 8.31. The Morgan fingerprint density at radius 3 is 2.65 bits per heavy atom. The fourth-order valence-corrected chi connectivity index (χ4v) is 3.26. The van der Waals surface area contributed by atoms with Crippen molar-refractivity contribution in [2.75, 3.05) is 0 Å². The number of aromatic nitrogens is 3. The van der Waals surface area contributed by atoms with Gasteiger partial charge in [0.1, 0.15) is 0 Å². The molecule has 3 aromatic rings. The molecule has 0 atom stereocenters. The number of aryl methyl sites for hydroxylation is 1. The normalized spacial score (nSPS) is 11.2. The molecule has 2 heterocycles. The van der Waals surface area contributed by atoms with E-state index in [1.807, 2.05) is 32.0 Å². The molecule has 3 rings (SSSR count). The van der Waals surface area contributed by atoms with Crippen LogP contribution in [0.1, 0.15) is 47.5 Å². The minimum absolute atomic E-state index is 0.0956. The van der Waals surface area contributed by atoms with E-state index in [1.165, 1.54) is 0 Å². The van der Waals surface area contributed by atoms with Gasteiger partial charge in [-0.3, -0.25) is 0 Å².